The van der Waals surface area contributed by atoms with Crippen molar-refractivity contribution >= 4 is 17.3 Å². The van der Waals surface area contributed by atoms with E-state index in [4.69, 9.17) is 16.3 Å². The number of rotatable bonds is 4. The molecular weight excluding hydrogens is 210 g/mol. The van der Waals surface area contributed by atoms with Crippen LogP contribution >= 0.6 is 11.6 Å². The van der Waals surface area contributed by atoms with Gasteiger partial charge in [-0.15, -0.1) is 0 Å². The second-order valence-corrected chi connectivity index (χ2v) is 4.62. The molecule has 1 rings (SSSR count). The van der Waals surface area contributed by atoms with E-state index in [1.54, 1.807) is 7.11 Å². The number of hydrogen-bond donors (Lipinski definition) is 1. The molecule has 0 amide bonds. The molecule has 15 heavy (non-hydrogen) atoms. The molecule has 0 aliphatic carbocycles. The molecule has 0 heterocycles. The number of halogens is 1. The van der Waals surface area contributed by atoms with Crippen LogP contribution in [0.5, 0.6) is 5.75 Å². The highest BCUT2D eigenvalue weighted by atomic mass is 35.5. The van der Waals surface area contributed by atoms with Crippen molar-refractivity contribution < 1.29 is 4.74 Å². The smallest absolute Gasteiger partial charge is 0.120 e. The van der Waals surface area contributed by atoms with E-state index in [-0.39, 0.29) is 5.54 Å². The maximum absolute atomic E-state index is 6.13. The quantitative estimate of drug-likeness (QED) is 0.841. The molecular formula is C12H18ClNO. The normalized spacial score (nSPS) is 11.3. The standard InChI is InChI=1S/C12H18ClNO/c1-5-12(2,3)14-11-7-6-9(15-4)8-10(11)13/h6-8,14H,5H2,1-4H3. The van der Waals surface area contributed by atoms with Gasteiger partial charge < -0.3 is 10.1 Å². The molecule has 0 aliphatic heterocycles. The average Bonchev–Trinajstić information content (AvgIpc) is 2.21. The summed E-state index contributed by atoms with van der Waals surface area (Å²) in [6.45, 7) is 6.44. The first-order valence-corrected chi connectivity index (χ1v) is 5.48. The van der Waals surface area contributed by atoms with Gasteiger partial charge in [-0.1, -0.05) is 18.5 Å². The SMILES string of the molecule is CCC(C)(C)Nc1ccc(OC)cc1Cl. The van der Waals surface area contributed by atoms with E-state index in [1.807, 2.05) is 18.2 Å². The lowest BCUT2D eigenvalue weighted by Crippen LogP contribution is -2.29. The Balaban J connectivity index is 2.87. The van der Waals surface area contributed by atoms with Crippen molar-refractivity contribution in [3.8, 4) is 5.75 Å². The van der Waals surface area contributed by atoms with Gasteiger partial charge in [-0.05, 0) is 32.4 Å². The maximum atomic E-state index is 6.13. The van der Waals surface area contributed by atoms with Crippen molar-refractivity contribution in [1.82, 2.24) is 0 Å². The van der Waals surface area contributed by atoms with Gasteiger partial charge in [-0.25, -0.2) is 0 Å². The van der Waals surface area contributed by atoms with Crippen LogP contribution in [-0.4, -0.2) is 12.6 Å². The molecule has 84 valence electrons. The largest absolute Gasteiger partial charge is 0.497 e. The Morgan fingerprint density at radius 2 is 2.07 bits per heavy atom. The minimum atomic E-state index is 0.0538. The second-order valence-electron chi connectivity index (χ2n) is 4.21. The average molecular weight is 228 g/mol. The van der Waals surface area contributed by atoms with Crippen LogP contribution in [0.15, 0.2) is 18.2 Å². The molecule has 0 fully saturated rings. The van der Waals surface area contributed by atoms with Crippen LogP contribution in [0.25, 0.3) is 0 Å². The number of hydrogen-bond acceptors (Lipinski definition) is 2. The van der Waals surface area contributed by atoms with E-state index in [1.165, 1.54) is 0 Å². The van der Waals surface area contributed by atoms with Crippen molar-refractivity contribution in [3.63, 3.8) is 0 Å². The minimum Gasteiger partial charge on any atom is -0.497 e. The fourth-order valence-corrected chi connectivity index (χ4v) is 1.39. The molecule has 0 aromatic heterocycles. The van der Waals surface area contributed by atoms with Gasteiger partial charge in [0.2, 0.25) is 0 Å². The molecule has 0 aliphatic rings. The van der Waals surface area contributed by atoms with E-state index in [0.717, 1.165) is 17.9 Å². The molecule has 0 unspecified atom stereocenters. The van der Waals surface area contributed by atoms with E-state index in [9.17, 15) is 0 Å². The number of methoxy groups -OCH3 is 1. The van der Waals surface area contributed by atoms with Crippen molar-refractivity contribution in [1.29, 1.82) is 0 Å². The van der Waals surface area contributed by atoms with Gasteiger partial charge in [-0.3, -0.25) is 0 Å². The van der Waals surface area contributed by atoms with Gasteiger partial charge in [-0.2, -0.15) is 0 Å². The zero-order valence-corrected chi connectivity index (χ0v) is 10.5. The van der Waals surface area contributed by atoms with Crippen molar-refractivity contribution in [2.75, 3.05) is 12.4 Å². The van der Waals surface area contributed by atoms with Gasteiger partial charge >= 0.3 is 0 Å². The van der Waals surface area contributed by atoms with E-state index < -0.39 is 0 Å². The first-order chi connectivity index (χ1) is 6.98. The summed E-state index contributed by atoms with van der Waals surface area (Å²) in [6.07, 6.45) is 1.04. The van der Waals surface area contributed by atoms with Gasteiger partial charge in [0.1, 0.15) is 5.75 Å². The third-order valence-electron chi connectivity index (χ3n) is 2.53. The number of nitrogens with one attached hydrogen (secondary N) is 1. The van der Waals surface area contributed by atoms with Gasteiger partial charge in [0.15, 0.2) is 0 Å². The van der Waals surface area contributed by atoms with Crippen LogP contribution in [0.4, 0.5) is 5.69 Å². The number of anilines is 1. The topological polar surface area (TPSA) is 21.3 Å². The summed E-state index contributed by atoms with van der Waals surface area (Å²) in [5, 5.41) is 4.09. The van der Waals surface area contributed by atoms with Gasteiger partial charge in [0, 0.05) is 11.6 Å². The van der Waals surface area contributed by atoms with Crippen LogP contribution in [0.2, 0.25) is 5.02 Å². The zero-order valence-electron chi connectivity index (χ0n) is 9.73. The highest BCUT2D eigenvalue weighted by molar-refractivity contribution is 6.33. The Kier molecular flexibility index (Phi) is 3.86. The molecule has 0 radical (unpaired) electrons. The summed E-state index contributed by atoms with van der Waals surface area (Å²) < 4.78 is 5.09. The molecule has 0 saturated carbocycles. The number of ether oxygens (including phenoxy) is 1. The van der Waals surface area contributed by atoms with Crippen molar-refractivity contribution in [2.24, 2.45) is 0 Å². The third kappa shape index (κ3) is 3.31. The lowest BCUT2D eigenvalue weighted by atomic mass is 10.0. The first kappa shape index (κ1) is 12.2. The Morgan fingerprint density at radius 1 is 1.40 bits per heavy atom. The lowest BCUT2D eigenvalue weighted by molar-refractivity contribution is 0.415. The zero-order chi connectivity index (χ0) is 11.5. The third-order valence-corrected chi connectivity index (χ3v) is 2.85. The fourth-order valence-electron chi connectivity index (χ4n) is 1.18. The van der Waals surface area contributed by atoms with Gasteiger partial charge in [0.05, 0.1) is 17.8 Å². The minimum absolute atomic E-state index is 0.0538. The second kappa shape index (κ2) is 4.75. The predicted molar refractivity (Wildman–Crippen MR) is 66.0 cm³/mol. The van der Waals surface area contributed by atoms with E-state index in [0.29, 0.717) is 5.02 Å². The Morgan fingerprint density at radius 3 is 2.53 bits per heavy atom. The predicted octanol–water partition coefficient (Wildman–Crippen LogP) is 3.95. The molecule has 0 bridgehead atoms. The molecule has 1 N–H and O–H groups in total. The Bertz CT molecular complexity index is 336. The summed E-state index contributed by atoms with van der Waals surface area (Å²) >= 11 is 6.13. The highest BCUT2D eigenvalue weighted by Gasteiger charge is 2.15. The molecule has 1 aromatic carbocycles. The van der Waals surface area contributed by atoms with Crippen LogP contribution in [0.1, 0.15) is 27.2 Å². The molecule has 2 nitrogen and oxygen atoms in total. The maximum Gasteiger partial charge on any atom is 0.120 e. The Hall–Kier alpha value is -0.890. The van der Waals surface area contributed by atoms with Crippen molar-refractivity contribution in [3.05, 3.63) is 23.2 Å². The lowest BCUT2D eigenvalue weighted by Gasteiger charge is -2.26. The Labute approximate surface area is 96.6 Å². The molecule has 0 spiro atoms. The fraction of sp³-hybridized carbons (Fsp3) is 0.500. The summed E-state index contributed by atoms with van der Waals surface area (Å²) in [7, 11) is 1.63. The summed E-state index contributed by atoms with van der Waals surface area (Å²) in [5.41, 5.74) is 1.00. The highest BCUT2D eigenvalue weighted by Crippen LogP contribution is 2.29. The number of benzene rings is 1. The summed E-state index contributed by atoms with van der Waals surface area (Å²) in [5.74, 6) is 0.778. The van der Waals surface area contributed by atoms with Crippen LogP contribution in [0.3, 0.4) is 0 Å². The van der Waals surface area contributed by atoms with Crippen LogP contribution < -0.4 is 10.1 Å². The molecule has 1 aromatic rings. The van der Waals surface area contributed by atoms with E-state index in [2.05, 4.69) is 26.1 Å². The van der Waals surface area contributed by atoms with E-state index >= 15 is 0 Å². The van der Waals surface area contributed by atoms with Crippen LogP contribution in [-0.2, 0) is 0 Å². The molecule has 3 heteroatoms. The monoisotopic (exact) mass is 227 g/mol. The molecule has 0 saturated heterocycles. The summed E-state index contributed by atoms with van der Waals surface area (Å²) in [4.78, 5) is 0. The van der Waals surface area contributed by atoms with Crippen molar-refractivity contribution in [2.45, 2.75) is 32.7 Å². The molecule has 0 atom stereocenters. The van der Waals surface area contributed by atoms with Crippen LogP contribution in [0, 0.1) is 0 Å². The summed E-state index contributed by atoms with van der Waals surface area (Å²) in [6, 6.07) is 5.66. The first-order valence-electron chi connectivity index (χ1n) is 5.10. The van der Waals surface area contributed by atoms with Gasteiger partial charge in [0.25, 0.3) is 0 Å².